The Balaban J connectivity index is 1.54. The molecule has 4 rings (SSSR count). The number of methoxy groups -OCH3 is 1. The number of hydrogen-bond acceptors (Lipinski definition) is 6. The summed E-state index contributed by atoms with van der Waals surface area (Å²) in [6.07, 6.45) is 2.72. The van der Waals surface area contributed by atoms with Gasteiger partial charge < -0.3 is 20.3 Å². The number of anilines is 1. The number of benzene rings is 1. The van der Waals surface area contributed by atoms with Gasteiger partial charge in [0.15, 0.2) is 0 Å². The van der Waals surface area contributed by atoms with Crippen LogP contribution in [0.15, 0.2) is 59.9 Å². The fourth-order valence-corrected chi connectivity index (χ4v) is 4.19. The van der Waals surface area contributed by atoms with E-state index in [4.69, 9.17) is 4.74 Å². The van der Waals surface area contributed by atoms with Crippen LogP contribution in [-0.4, -0.2) is 61.7 Å². The number of nitrogens with one attached hydrogen (secondary N) is 2. The summed E-state index contributed by atoms with van der Waals surface area (Å²) in [4.78, 5) is 34.1. The summed E-state index contributed by atoms with van der Waals surface area (Å²) < 4.78 is 5.09. The number of hydrogen-bond donors (Lipinski definition) is 2. The fraction of sp³-hybridized carbons (Fsp3) is 0.375. The molecule has 2 aromatic rings. The van der Waals surface area contributed by atoms with Crippen molar-refractivity contribution in [2.24, 2.45) is 0 Å². The number of urea groups is 1. The van der Waals surface area contributed by atoms with E-state index in [0.717, 1.165) is 44.0 Å². The molecule has 0 aliphatic carbocycles. The van der Waals surface area contributed by atoms with E-state index in [9.17, 15) is 9.59 Å². The van der Waals surface area contributed by atoms with Crippen LogP contribution in [0.3, 0.4) is 0 Å². The van der Waals surface area contributed by atoms with Crippen molar-refractivity contribution < 1.29 is 14.3 Å². The highest BCUT2D eigenvalue weighted by molar-refractivity contribution is 5.95. The average molecular weight is 436 g/mol. The molecule has 168 valence electrons. The average Bonchev–Trinajstić information content (AvgIpc) is 2.84. The number of pyridine rings is 1. The maximum atomic E-state index is 12.8. The molecule has 1 aromatic carbocycles. The minimum Gasteiger partial charge on any atom is -0.466 e. The van der Waals surface area contributed by atoms with Crippen LogP contribution in [0.2, 0.25) is 0 Å². The first-order chi connectivity index (χ1) is 15.6. The molecule has 0 radical (unpaired) electrons. The van der Waals surface area contributed by atoms with Gasteiger partial charge in [0, 0.05) is 44.6 Å². The summed E-state index contributed by atoms with van der Waals surface area (Å²) >= 11 is 0. The van der Waals surface area contributed by atoms with Gasteiger partial charge in [-0.05, 0) is 29.7 Å². The number of piperazine rings is 1. The Hall–Kier alpha value is -3.39. The van der Waals surface area contributed by atoms with Gasteiger partial charge >= 0.3 is 12.0 Å². The van der Waals surface area contributed by atoms with Gasteiger partial charge in [-0.2, -0.15) is 0 Å². The normalized spacial score (nSPS) is 19.4. The predicted octanol–water partition coefficient (Wildman–Crippen LogP) is 2.25. The molecule has 1 saturated heterocycles. The van der Waals surface area contributed by atoms with Crippen LogP contribution in [0, 0.1) is 0 Å². The third kappa shape index (κ3) is 4.75. The molecule has 0 bridgehead atoms. The lowest BCUT2D eigenvalue weighted by molar-refractivity contribution is -0.136. The Bertz CT molecular complexity index is 982. The van der Waals surface area contributed by atoms with Gasteiger partial charge in [0.2, 0.25) is 0 Å². The molecule has 0 saturated carbocycles. The Morgan fingerprint density at radius 1 is 1.12 bits per heavy atom. The van der Waals surface area contributed by atoms with E-state index < -0.39 is 12.0 Å². The van der Waals surface area contributed by atoms with Crippen LogP contribution in [-0.2, 0) is 16.0 Å². The van der Waals surface area contributed by atoms with Crippen LogP contribution in [0.1, 0.15) is 24.1 Å². The Kier molecular flexibility index (Phi) is 6.70. The van der Waals surface area contributed by atoms with Gasteiger partial charge in [-0.1, -0.05) is 37.3 Å². The standard InChI is InChI=1S/C24H29N5O3/c1-3-17-7-9-18(10-8-17)22-21(23(30)32-2)19(26-24(31)27-22)16-28-12-14-29(15-13-28)20-6-4-5-11-25-20/h4-11,22H,3,12-16H2,1-2H3,(H2,26,27,31)/t22-/m1/s1. The van der Waals surface area contributed by atoms with Crippen molar-refractivity contribution >= 4 is 17.8 Å². The largest absolute Gasteiger partial charge is 0.466 e. The van der Waals surface area contributed by atoms with E-state index in [-0.39, 0.29) is 6.03 Å². The molecule has 1 aromatic heterocycles. The number of carbonyl (C=O) groups excluding carboxylic acids is 2. The molecule has 8 heteroatoms. The number of ether oxygens (including phenoxy) is 1. The van der Waals surface area contributed by atoms with E-state index >= 15 is 0 Å². The zero-order chi connectivity index (χ0) is 22.5. The summed E-state index contributed by atoms with van der Waals surface area (Å²) in [6.45, 7) is 5.81. The van der Waals surface area contributed by atoms with Gasteiger partial charge in [0.1, 0.15) is 5.82 Å². The first kappa shape index (κ1) is 21.8. The first-order valence-corrected chi connectivity index (χ1v) is 10.9. The van der Waals surface area contributed by atoms with Gasteiger partial charge in [0.05, 0.1) is 18.7 Å². The van der Waals surface area contributed by atoms with Crippen LogP contribution in [0.25, 0.3) is 0 Å². The fourth-order valence-electron chi connectivity index (χ4n) is 4.19. The zero-order valence-electron chi connectivity index (χ0n) is 18.5. The van der Waals surface area contributed by atoms with E-state index in [2.05, 4.69) is 32.3 Å². The molecule has 0 unspecified atom stereocenters. The molecule has 2 amide bonds. The van der Waals surface area contributed by atoms with Gasteiger partial charge in [-0.15, -0.1) is 0 Å². The lowest BCUT2D eigenvalue weighted by Gasteiger charge is -2.37. The number of rotatable bonds is 6. The summed E-state index contributed by atoms with van der Waals surface area (Å²) in [5.41, 5.74) is 3.10. The van der Waals surface area contributed by atoms with E-state index in [0.29, 0.717) is 17.8 Å². The summed E-state index contributed by atoms with van der Waals surface area (Å²) in [6, 6.07) is 13.0. The second kappa shape index (κ2) is 9.82. The Morgan fingerprint density at radius 3 is 2.50 bits per heavy atom. The summed E-state index contributed by atoms with van der Waals surface area (Å²) in [5, 5.41) is 5.74. The minimum absolute atomic E-state index is 0.315. The van der Waals surface area contributed by atoms with Crippen molar-refractivity contribution in [3.05, 3.63) is 71.1 Å². The topological polar surface area (TPSA) is 86.8 Å². The maximum absolute atomic E-state index is 12.8. The molecule has 2 N–H and O–H groups in total. The number of esters is 1. The summed E-state index contributed by atoms with van der Waals surface area (Å²) in [5.74, 6) is 0.525. The van der Waals surface area contributed by atoms with Gasteiger partial charge in [0.25, 0.3) is 0 Å². The van der Waals surface area contributed by atoms with Crippen LogP contribution in [0.4, 0.5) is 10.6 Å². The van der Waals surface area contributed by atoms with Crippen LogP contribution < -0.4 is 15.5 Å². The first-order valence-electron chi connectivity index (χ1n) is 10.9. The van der Waals surface area contributed by atoms with Crippen LogP contribution >= 0.6 is 0 Å². The molecule has 0 spiro atoms. The third-order valence-electron chi connectivity index (χ3n) is 6.01. The van der Waals surface area contributed by atoms with Crippen molar-refractivity contribution in [2.45, 2.75) is 19.4 Å². The minimum atomic E-state index is -0.549. The van der Waals surface area contributed by atoms with Crippen molar-refractivity contribution in [3.63, 3.8) is 0 Å². The maximum Gasteiger partial charge on any atom is 0.338 e. The van der Waals surface area contributed by atoms with E-state index in [1.54, 1.807) is 6.20 Å². The quantitative estimate of drug-likeness (QED) is 0.677. The highest BCUT2D eigenvalue weighted by Crippen LogP contribution is 2.28. The molecule has 2 aliphatic heterocycles. The second-order valence-electron chi connectivity index (χ2n) is 7.96. The van der Waals surface area contributed by atoms with Crippen LogP contribution in [0.5, 0.6) is 0 Å². The number of amides is 2. The van der Waals surface area contributed by atoms with Gasteiger partial charge in [-0.3, -0.25) is 4.90 Å². The smallest absolute Gasteiger partial charge is 0.338 e. The lowest BCUT2D eigenvalue weighted by atomic mass is 9.94. The van der Waals surface area contributed by atoms with E-state index in [1.807, 2.05) is 42.5 Å². The number of aromatic nitrogens is 1. The van der Waals surface area contributed by atoms with Crippen molar-refractivity contribution in [1.82, 2.24) is 20.5 Å². The summed E-state index contributed by atoms with van der Waals surface area (Å²) in [7, 11) is 1.37. The number of nitrogens with zero attached hydrogens (tertiary/aromatic N) is 3. The molecular formula is C24H29N5O3. The Labute approximate surface area is 188 Å². The van der Waals surface area contributed by atoms with Crippen molar-refractivity contribution in [2.75, 3.05) is 44.7 Å². The molecule has 32 heavy (non-hydrogen) atoms. The molecule has 1 atom stereocenters. The lowest BCUT2D eigenvalue weighted by Crippen LogP contribution is -2.51. The molecular weight excluding hydrogens is 406 g/mol. The van der Waals surface area contributed by atoms with Crippen molar-refractivity contribution in [3.8, 4) is 0 Å². The predicted molar refractivity (Wildman–Crippen MR) is 122 cm³/mol. The molecule has 2 aliphatic rings. The highest BCUT2D eigenvalue weighted by atomic mass is 16.5. The second-order valence-corrected chi connectivity index (χ2v) is 7.96. The zero-order valence-corrected chi connectivity index (χ0v) is 18.5. The van der Waals surface area contributed by atoms with E-state index in [1.165, 1.54) is 12.7 Å². The number of aryl methyl sites for hydroxylation is 1. The molecule has 8 nitrogen and oxygen atoms in total. The third-order valence-corrected chi connectivity index (χ3v) is 6.01. The number of carbonyl (C=O) groups is 2. The highest BCUT2D eigenvalue weighted by Gasteiger charge is 2.34. The monoisotopic (exact) mass is 435 g/mol. The van der Waals surface area contributed by atoms with Gasteiger partial charge in [-0.25, -0.2) is 14.6 Å². The molecule has 3 heterocycles. The Morgan fingerprint density at radius 2 is 1.88 bits per heavy atom. The SMILES string of the molecule is CCc1ccc([C@H]2NC(=O)NC(CN3CCN(c4ccccn4)CC3)=C2C(=O)OC)cc1. The molecule has 1 fully saturated rings. The van der Waals surface area contributed by atoms with Crippen molar-refractivity contribution in [1.29, 1.82) is 0 Å².